The van der Waals surface area contributed by atoms with E-state index >= 15 is 0 Å². The summed E-state index contributed by atoms with van der Waals surface area (Å²) in [6.07, 6.45) is 3.61. The summed E-state index contributed by atoms with van der Waals surface area (Å²) in [5, 5.41) is 5.62. The first-order chi connectivity index (χ1) is 13.6. The second-order valence-corrected chi connectivity index (χ2v) is 8.33. The van der Waals surface area contributed by atoms with Gasteiger partial charge in [0.2, 0.25) is 5.91 Å². The summed E-state index contributed by atoms with van der Waals surface area (Å²) in [5.74, 6) is 0.340. The number of carbonyl (C=O) groups is 1. The van der Waals surface area contributed by atoms with Crippen molar-refractivity contribution in [2.75, 3.05) is 6.54 Å². The number of nitrogens with zero attached hydrogens (tertiary/aromatic N) is 2. The molecule has 0 bridgehead atoms. The molecule has 1 heterocycles. The first-order valence-corrected chi connectivity index (χ1v) is 10.4. The zero-order valence-corrected chi connectivity index (χ0v) is 17.0. The van der Waals surface area contributed by atoms with Gasteiger partial charge in [-0.1, -0.05) is 59.0 Å². The fraction of sp³-hybridized carbons (Fsp3) is 0.364. The molecule has 1 saturated carbocycles. The first kappa shape index (κ1) is 19.3. The lowest BCUT2D eigenvalue weighted by molar-refractivity contribution is -0.140. The van der Waals surface area contributed by atoms with Crippen molar-refractivity contribution in [2.45, 2.75) is 38.3 Å². The Bertz CT molecular complexity index is 878. The summed E-state index contributed by atoms with van der Waals surface area (Å²) in [7, 11) is 0. The van der Waals surface area contributed by atoms with Gasteiger partial charge >= 0.3 is 0 Å². The van der Waals surface area contributed by atoms with Crippen molar-refractivity contribution in [3.05, 3.63) is 69.7 Å². The fourth-order valence-corrected chi connectivity index (χ4v) is 3.93. The maximum Gasteiger partial charge on any atom is 0.226 e. The van der Waals surface area contributed by atoms with Gasteiger partial charge in [-0.2, -0.15) is 0 Å². The molecule has 2 aromatic carbocycles. The predicted octanol–water partition coefficient (Wildman–Crippen LogP) is 5.32. The Labute approximate surface area is 175 Å². The highest BCUT2D eigenvalue weighted by Crippen LogP contribution is 2.30. The number of benzene rings is 2. The van der Waals surface area contributed by atoms with E-state index < -0.39 is 0 Å². The molecular formula is C22H22Cl2N2O2. The topological polar surface area (TPSA) is 41.9 Å². The van der Waals surface area contributed by atoms with Crippen LogP contribution in [0.5, 0.6) is 0 Å². The Morgan fingerprint density at radius 2 is 1.89 bits per heavy atom. The molecule has 0 N–H and O–H groups in total. The largest absolute Gasteiger partial charge is 0.390 e. The van der Waals surface area contributed by atoms with Gasteiger partial charge in [-0.3, -0.25) is 4.79 Å². The van der Waals surface area contributed by atoms with Crippen LogP contribution in [0.2, 0.25) is 10.0 Å². The van der Waals surface area contributed by atoms with Crippen molar-refractivity contribution >= 4 is 34.8 Å². The van der Waals surface area contributed by atoms with Crippen LogP contribution in [0.15, 0.2) is 53.7 Å². The molecule has 1 aliphatic heterocycles. The number of carbonyl (C=O) groups excluding carboxylic acids is 1. The molecule has 6 heteroatoms. The van der Waals surface area contributed by atoms with Crippen LogP contribution in [-0.2, 0) is 16.2 Å². The average molecular weight is 417 g/mol. The van der Waals surface area contributed by atoms with E-state index in [1.54, 1.807) is 0 Å². The lowest BCUT2D eigenvalue weighted by atomic mass is 9.84. The Morgan fingerprint density at radius 3 is 2.57 bits per heavy atom. The molecule has 2 aliphatic rings. The zero-order chi connectivity index (χ0) is 19.5. The van der Waals surface area contributed by atoms with Crippen molar-refractivity contribution in [2.24, 2.45) is 11.1 Å². The van der Waals surface area contributed by atoms with Gasteiger partial charge in [-0.05, 0) is 48.2 Å². The van der Waals surface area contributed by atoms with Gasteiger partial charge in [-0.15, -0.1) is 0 Å². The van der Waals surface area contributed by atoms with Gasteiger partial charge in [0.1, 0.15) is 0 Å². The minimum Gasteiger partial charge on any atom is -0.390 e. The molecule has 146 valence electrons. The van der Waals surface area contributed by atoms with Gasteiger partial charge in [0.15, 0.2) is 6.10 Å². The number of rotatable bonds is 6. The summed E-state index contributed by atoms with van der Waals surface area (Å²) < 4.78 is 0. The van der Waals surface area contributed by atoms with Gasteiger partial charge < -0.3 is 9.74 Å². The van der Waals surface area contributed by atoms with E-state index in [9.17, 15) is 4.79 Å². The van der Waals surface area contributed by atoms with E-state index in [0.29, 0.717) is 29.6 Å². The van der Waals surface area contributed by atoms with Crippen LogP contribution < -0.4 is 0 Å². The molecule has 4 nitrogen and oxygen atoms in total. The Hall–Kier alpha value is -2.04. The molecule has 1 fully saturated rings. The molecule has 28 heavy (non-hydrogen) atoms. The maximum atomic E-state index is 13.0. The van der Waals surface area contributed by atoms with Crippen molar-refractivity contribution in [3.8, 4) is 0 Å². The Morgan fingerprint density at radius 1 is 1.11 bits per heavy atom. The van der Waals surface area contributed by atoms with Gasteiger partial charge in [0.05, 0.1) is 12.3 Å². The minimum atomic E-state index is -0.145. The van der Waals surface area contributed by atoms with Crippen LogP contribution in [0, 0.1) is 5.92 Å². The van der Waals surface area contributed by atoms with E-state index in [1.807, 2.05) is 53.4 Å². The lowest BCUT2D eigenvalue weighted by Crippen LogP contribution is -2.42. The Kier molecular flexibility index (Phi) is 5.88. The molecule has 0 radical (unpaired) electrons. The molecule has 0 saturated heterocycles. The third kappa shape index (κ3) is 4.50. The molecular weight excluding hydrogens is 395 g/mol. The van der Waals surface area contributed by atoms with Crippen molar-refractivity contribution in [1.82, 2.24) is 4.90 Å². The van der Waals surface area contributed by atoms with Crippen LogP contribution >= 0.6 is 23.2 Å². The van der Waals surface area contributed by atoms with E-state index in [4.69, 9.17) is 28.0 Å². The van der Waals surface area contributed by atoms with Gasteiger partial charge in [0, 0.05) is 28.9 Å². The summed E-state index contributed by atoms with van der Waals surface area (Å²) >= 11 is 12.1. The number of hydrogen-bond acceptors (Lipinski definition) is 3. The molecule has 0 unspecified atom stereocenters. The van der Waals surface area contributed by atoms with Crippen molar-refractivity contribution < 1.29 is 9.63 Å². The van der Waals surface area contributed by atoms with Crippen LogP contribution in [0.3, 0.4) is 0 Å². The molecule has 1 amide bonds. The third-order valence-electron chi connectivity index (χ3n) is 5.36. The summed E-state index contributed by atoms with van der Waals surface area (Å²) in [5.41, 5.74) is 2.91. The van der Waals surface area contributed by atoms with Crippen LogP contribution in [0.1, 0.15) is 36.8 Å². The minimum absolute atomic E-state index is 0.136. The Balaban J connectivity index is 1.43. The highest BCUT2D eigenvalue weighted by Gasteiger charge is 2.33. The first-order valence-electron chi connectivity index (χ1n) is 9.60. The molecule has 0 aromatic heterocycles. The number of oxime groups is 1. The summed E-state index contributed by atoms with van der Waals surface area (Å²) in [4.78, 5) is 20.5. The highest BCUT2D eigenvalue weighted by atomic mass is 35.5. The van der Waals surface area contributed by atoms with Crippen LogP contribution in [0.25, 0.3) is 0 Å². The van der Waals surface area contributed by atoms with Gasteiger partial charge in [0.25, 0.3) is 0 Å². The number of halogens is 2. The lowest BCUT2D eigenvalue weighted by Gasteiger charge is -2.32. The van der Waals surface area contributed by atoms with Gasteiger partial charge in [-0.25, -0.2) is 0 Å². The van der Waals surface area contributed by atoms with E-state index in [1.165, 1.54) is 0 Å². The third-order valence-corrected chi connectivity index (χ3v) is 5.85. The van der Waals surface area contributed by atoms with E-state index in [-0.39, 0.29) is 17.9 Å². The zero-order valence-electron chi connectivity index (χ0n) is 15.5. The number of hydrogen-bond donors (Lipinski definition) is 0. The van der Waals surface area contributed by atoms with E-state index in [2.05, 4.69) is 5.16 Å². The SMILES string of the molecule is O=C(C1CCC1)N(Cc1cccc(Cl)c1)C[C@@H]1CC(c2ccc(Cl)cc2)=NO1. The van der Waals surface area contributed by atoms with Crippen LogP contribution in [0.4, 0.5) is 0 Å². The van der Waals surface area contributed by atoms with E-state index in [0.717, 1.165) is 36.1 Å². The maximum absolute atomic E-state index is 13.0. The van der Waals surface area contributed by atoms with Crippen LogP contribution in [-0.4, -0.2) is 29.2 Å². The fourth-order valence-electron chi connectivity index (χ4n) is 3.59. The standard InChI is InChI=1S/C22H22Cl2N2O2/c23-18-9-7-16(8-10-18)21-12-20(28-25-21)14-26(22(27)17-4-2-5-17)13-15-3-1-6-19(24)11-15/h1,3,6-11,17,20H,2,4-5,12-14H2/t20-/m0/s1. The average Bonchev–Trinajstić information content (AvgIpc) is 3.09. The smallest absolute Gasteiger partial charge is 0.226 e. The second-order valence-electron chi connectivity index (χ2n) is 7.45. The molecule has 4 rings (SSSR count). The molecule has 1 atom stereocenters. The normalized spacial score (nSPS) is 18.9. The number of amides is 1. The molecule has 0 spiro atoms. The highest BCUT2D eigenvalue weighted by molar-refractivity contribution is 6.31. The predicted molar refractivity (Wildman–Crippen MR) is 112 cm³/mol. The van der Waals surface area contributed by atoms with Crippen molar-refractivity contribution in [1.29, 1.82) is 0 Å². The second kappa shape index (κ2) is 8.54. The monoisotopic (exact) mass is 416 g/mol. The van der Waals surface area contributed by atoms with Crippen molar-refractivity contribution in [3.63, 3.8) is 0 Å². The molecule has 2 aromatic rings. The molecule has 1 aliphatic carbocycles. The summed E-state index contributed by atoms with van der Waals surface area (Å²) in [6, 6.07) is 15.2. The summed E-state index contributed by atoms with van der Waals surface area (Å²) in [6.45, 7) is 1.05. The quantitative estimate of drug-likeness (QED) is 0.639.